The van der Waals surface area contributed by atoms with E-state index in [9.17, 15) is 14.0 Å². The summed E-state index contributed by atoms with van der Waals surface area (Å²) in [6, 6.07) is 11.5. The molecule has 0 aliphatic carbocycles. The molecule has 2 aromatic carbocycles. The predicted molar refractivity (Wildman–Crippen MR) is 119 cm³/mol. The molecule has 2 aromatic rings. The van der Waals surface area contributed by atoms with Crippen LogP contribution >= 0.6 is 23.4 Å². The zero-order valence-corrected chi connectivity index (χ0v) is 18.6. The van der Waals surface area contributed by atoms with Crippen LogP contribution in [0, 0.1) is 11.2 Å². The molecule has 0 heterocycles. The number of amides is 2. The van der Waals surface area contributed by atoms with E-state index in [2.05, 4.69) is 10.6 Å². The van der Waals surface area contributed by atoms with E-state index in [-0.39, 0.29) is 27.5 Å². The van der Waals surface area contributed by atoms with Crippen LogP contribution in [0.3, 0.4) is 0 Å². The SMILES string of the molecule is CCC(Sc1cccc(NC(=O)CC(C)(C)C)c1)C(=O)Nc1ccc(F)c(Cl)c1. The van der Waals surface area contributed by atoms with Gasteiger partial charge in [0.15, 0.2) is 0 Å². The van der Waals surface area contributed by atoms with Crippen molar-refractivity contribution >= 4 is 46.6 Å². The summed E-state index contributed by atoms with van der Waals surface area (Å²) in [5, 5.41) is 5.29. The quantitative estimate of drug-likeness (QED) is 0.496. The first-order valence-corrected chi connectivity index (χ1v) is 10.7. The number of nitrogens with one attached hydrogen (secondary N) is 2. The molecule has 29 heavy (non-hydrogen) atoms. The van der Waals surface area contributed by atoms with Crippen molar-refractivity contribution in [3.8, 4) is 0 Å². The standard InChI is InChI=1S/C22H26ClFN2O2S/c1-5-19(21(28)26-15-9-10-18(24)17(23)12-15)29-16-8-6-7-14(11-16)25-20(27)13-22(2,3)4/h6-12,19H,5,13H2,1-4H3,(H,25,27)(H,26,28). The summed E-state index contributed by atoms with van der Waals surface area (Å²) in [6.07, 6.45) is 1.02. The monoisotopic (exact) mass is 436 g/mol. The highest BCUT2D eigenvalue weighted by molar-refractivity contribution is 8.00. The number of hydrogen-bond acceptors (Lipinski definition) is 3. The fraction of sp³-hybridized carbons (Fsp3) is 0.364. The lowest BCUT2D eigenvalue weighted by molar-refractivity contribution is -0.118. The molecule has 0 bridgehead atoms. The summed E-state index contributed by atoms with van der Waals surface area (Å²) in [4.78, 5) is 25.7. The summed E-state index contributed by atoms with van der Waals surface area (Å²) in [5.41, 5.74) is 1.05. The van der Waals surface area contributed by atoms with Crippen molar-refractivity contribution < 1.29 is 14.0 Å². The Morgan fingerprint density at radius 3 is 2.41 bits per heavy atom. The van der Waals surface area contributed by atoms with E-state index < -0.39 is 5.82 Å². The molecule has 0 aromatic heterocycles. The Bertz CT molecular complexity index is 883. The maximum atomic E-state index is 13.3. The number of thioether (sulfide) groups is 1. The van der Waals surface area contributed by atoms with Crippen LogP contribution in [-0.2, 0) is 9.59 Å². The van der Waals surface area contributed by atoms with Crippen LogP contribution in [-0.4, -0.2) is 17.1 Å². The van der Waals surface area contributed by atoms with E-state index in [0.29, 0.717) is 24.2 Å². The highest BCUT2D eigenvalue weighted by Gasteiger charge is 2.19. The summed E-state index contributed by atoms with van der Waals surface area (Å²) >= 11 is 7.18. The first kappa shape index (κ1) is 23.2. The number of halogens is 2. The smallest absolute Gasteiger partial charge is 0.237 e. The van der Waals surface area contributed by atoms with Crippen LogP contribution < -0.4 is 10.6 Å². The second kappa shape index (κ2) is 10.1. The number of hydrogen-bond donors (Lipinski definition) is 2. The Balaban J connectivity index is 2.03. The summed E-state index contributed by atoms with van der Waals surface area (Å²) in [6.45, 7) is 7.96. The van der Waals surface area contributed by atoms with Gasteiger partial charge in [0.25, 0.3) is 0 Å². The molecule has 7 heteroatoms. The van der Waals surface area contributed by atoms with Gasteiger partial charge in [0.05, 0.1) is 10.3 Å². The Labute approximate surface area is 180 Å². The molecule has 1 atom stereocenters. The van der Waals surface area contributed by atoms with Crippen molar-refractivity contribution in [3.63, 3.8) is 0 Å². The van der Waals surface area contributed by atoms with Gasteiger partial charge in [-0.15, -0.1) is 11.8 Å². The van der Waals surface area contributed by atoms with Crippen molar-refractivity contribution in [2.45, 2.75) is 50.7 Å². The molecule has 0 saturated heterocycles. The number of carbonyl (C=O) groups is 2. The molecule has 4 nitrogen and oxygen atoms in total. The van der Waals surface area contributed by atoms with Crippen molar-refractivity contribution in [1.82, 2.24) is 0 Å². The van der Waals surface area contributed by atoms with Crippen molar-refractivity contribution in [3.05, 3.63) is 53.3 Å². The molecule has 0 spiro atoms. The van der Waals surface area contributed by atoms with Crippen molar-refractivity contribution in [1.29, 1.82) is 0 Å². The Morgan fingerprint density at radius 1 is 1.10 bits per heavy atom. The maximum Gasteiger partial charge on any atom is 0.237 e. The molecular formula is C22H26ClFN2O2S. The number of carbonyl (C=O) groups excluding carboxylic acids is 2. The van der Waals surface area contributed by atoms with E-state index in [1.54, 1.807) is 0 Å². The summed E-state index contributed by atoms with van der Waals surface area (Å²) in [7, 11) is 0. The van der Waals surface area contributed by atoms with Gasteiger partial charge in [-0.25, -0.2) is 4.39 Å². The molecule has 2 rings (SSSR count). The molecule has 2 amide bonds. The van der Waals surface area contributed by atoms with Gasteiger partial charge in [-0.3, -0.25) is 9.59 Å². The van der Waals surface area contributed by atoms with Crippen molar-refractivity contribution in [2.75, 3.05) is 10.6 Å². The predicted octanol–water partition coefficient (Wildman–Crippen LogP) is 6.36. The average molecular weight is 437 g/mol. The third-order valence-electron chi connectivity index (χ3n) is 3.94. The van der Waals surface area contributed by atoms with Crippen LogP contribution in [0.2, 0.25) is 5.02 Å². The fourth-order valence-electron chi connectivity index (χ4n) is 2.62. The molecule has 2 N–H and O–H groups in total. The number of rotatable bonds is 7. The van der Waals surface area contributed by atoms with Crippen LogP contribution in [0.1, 0.15) is 40.5 Å². The van der Waals surface area contributed by atoms with Gasteiger partial charge in [0.2, 0.25) is 11.8 Å². The van der Waals surface area contributed by atoms with Gasteiger partial charge < -0.3 is 10.6 Å². The van der Waals surface area contributed by atoms with Crippen LogP contribution in [0.4, 0.5) is 15.8 Å². The maximum absolute atomic E-state index is 13.3. The highest BCUT2D eigenvalue weighted by Crippen LogP contribution is 2.29. The second-order valence-corrected chi connectivity index (χ2v) is 9.63. The molecule has 0 aliphatic rings. The lowest BCUT2D eigenvalue weighted by atomic mass is 9.92. The van der Waals surface area contributed by atoms with E-state index >= 15 is 0 Å². The largest absolute Gasteiger partial charge is 0.326 e. The van der Waals surface area contributed by atoms with Crippen LogP contribution in [0.15, 0.2) is 47.4 Å². The van der Waals surface area contributed by atoms with Gasteiger partial charge in [0.1, 0.15) is 5.82 Å². The Hall–Kier alpha value is -2.05. The molecule has 0 saturated carbocycles. The summed E-state index contributed by atoms with van der Waals surface area (Å²) in [5.74, 6) is -0.767. The normalized spacial score (nSPS) is 12.3. The minimum Gasteiger partial charge on any atom is -0.326 e. The molecule has 0 fully saturated rings. The Morgan fingerprint density at radius 2 is 1.79 bits per heavy atom. The third-order valence-corrected chi connectivity index (χ3v) is 5.59. The zero-order valence-electron chi connectivity index (χ0n) is 17.0. The highest BCUT2D eigenvalue weighted by atomic mass is 35.5. The van der Waals surface area contributed by atoms with Gasteiger partial charge in [-0.2, -0.15) is 0 Å². The van der Waals surface area contributed by atoms with E-state index in [1.165, 1.54) is 30.0 Å². The van der Waals surface area contributed by atoms with Gasteiger partial charge in [-0.05, 0) is 48.2 Å². The van der Waals surface area contributed by atoms with Crippen LogP contribution in [0.25, 0.3) is 0 Å². The van der Waals surface area contributed by atoms with E-state index in [4.69, 9.17) is 11.6 Å². The molecule has 0 aliphatic heterocycles. The number of anilines is 2. The zero-order chi connectivity index (χ0) is 21.6. The van der Waals surface area contributed by atoms with E-state index in [0.717, 1.165) is 4.90 Å². The topological polar surface area (TPSA) is 58.2 Å². The molecule has 1 unspecified atom stereocenters. The van der Waals surface area contributed by atoms with Gasteiger partial charge >= 0.3 is 0 Å². The van der Waals surface area contributed by atoms with Crippen LogP contribution in [0.5, 0.6) is 0 Å². The fourth-order valence-corrected chi connectivity index (χ4v) is 3.81. The minimum absolute atomic E-state index is 0.0396. The summed E-state index contributed by atoms with van der Waals surface area (Å²) < 4.78 is 13.3. The molecule has 156 valence electrons. The van der Waals surface area contributed by atoms with Gasteiger partial charge in [-0.1, -0.05) is 45.4 Å². The molecule has 0 radical (unpaired) electrons. The lowest BCUT2D eigenvalue weighted by Crippen LogP contribution is -2.24. The van der Waals surface area contributed by atoms with E-state index in [1.807, 2.05) is 52.0 Å². The third kappa shape index (κ3) is 7.71. The first-order chi connectivity index (χ1) is 13.6. The average Bonchev–Trinajstić information content (AvgIpc) is 2.61. The second-order valence-electron chi connectivity index (χ2n) is 7.95. The Kier molecular flexibility index (Phi) is 8.11. The van der Waals surface area contributed by atoms with Gasteiger partial charge in [0, 0.05) is 22.7 Å². The lowest BCUT2D eigenvalue weighted by Gasteiger charge is -2.18. The number of benzene rings is 2. The molecular weight excluding hydrogens is 411 g/mol. The first-order valence-electron chi connectivity index (χ1n) is 9.40. The van der Waals surface area contributed by atoms with Crippen molar-refractivity contribution in [2.24, 2.45) is 5.41 Å². The minimum atomic E-state index is -0.531.